The summed E-state index contributed by atoms with van der Waals surface area (Å²) in [7, 11) is 0. The molecule has 0 spiro atoms. The second-order valence-corrected chi connectivity index (χ2v) is 4.34. The predicted octanol–water partition coefficient (Wildman–Crippen LogP) is 0.225. The number of nitrogens with zero attached hydrogens (tertiary/aromatic N) is 1. The zero-order chi connectivity index (χ0) is 13.1. The topological polar surface area (TPSA) is 52.6 Å². The van der Waals surface area contributed by atoms with Crippen LogP contribution in [0.25, 0.3) is 0 Å². The van der Waals surface area contributed by atoms with Gasteiger partial charge in [0, 0.05) is 13.1 Å². The lowest BCUT2D eigenvalue weighted by atomic mass is 9.96. The third kappa shape index (κ3) is 4.16. The van der Waals surface area contributed by atoms with Gasteiger partial charge in [0.2, 0.25) is 5.91 Å². The van der Waals surface area contributed by atoms with Gasteiger partial charge in [-0.05, 0) is 12.5 Å². The largest absolute Gasteiger partial charge is 0.406 e. The zero-order valence-corrected chi connectivity index (χ0v) is 9.63. The fourth-order valence-corrected chi connectivity index (χ4v) is 1.98. The highest BCUT2D eigenvalue weighted by molar-refractivity contribution is 5.79. The molecule has 0 radical (unpaired) electrons. The standard InChI is InChI=1S/C10H17F3N2O2/c1-7-4-14-5-8(7)9(17)15(2-3-16)6-10(11,12)13/h7-8,14,16H,2-6H2,1H3/t7-,8-/m1/s1. The number of rotatable bonds is 4. The van der Waals surface area contributed by atoms with E-state index in [-0.39, 0.29) is 12.5 Å². The molecular weight excluding hydrogens is 237 g/mol. The second kappa shape index (κ2) is 5.68. The molecule has 1 fully saturated rings. The molecule has 0 saturated carbocycles. The number of alkyl halides is 3. The highest BCUT2D eigenvalue weighted by Gasteiger charge is 2.38. The lowest BCUT2D eigenvalue weighted by Gasteiger charge is -2.27. The summed E-state index contributed by atoms with van der Waals surface area (Å²) < 4.78 is 36.8. The number of amides is 1. The van der Waals surface area contributed by atoms with Crippen molar-refractivity contribution in [3.05, 3.63) is 0 Å². The molecule has 17 heavy (non-hydrogen) atoms. The molecule has 0 bridgehead atoms. The third-order valence-electron chi connectivity index (χ3n) is 2.89. The van der Waals surface area contributed by atoms with Gasteiger partial charge in [0.05, 0.1) is 12.5 Å². The molecule has 1 aliphatic rings. The van der Waals surface area contributed by atoms with E-state index in [1.54, 1.807) is 0 Å². The number of carbonyl (C=O) groups is 1. The SMILES string of the molecule is C[C@@H]1CNC[C@H]1C(=O)N(CCO)CC(F)(F)F. The minimum atomic E-state index is -4.43. The van der Waals surface area contributed by atoms with E-state index in [0.29, 0.717) is 18.0 Å². The molecular formula is C10H17F3N2O2. The minimum Gasteiger partial charge on any atom is -0.395 e. The van der Waals surface area contributed by atoms with Crippen molar-refractivity contribution in [3.63, 3.8) is 0 Å². The Morgan fingerprint density at radius 1 is 1.47 bits per heavy atom. The molecule has 0 aromatic rings. The van der Waals surface area contributed by atoms with Gasteiger partial charge in [-0.1, -0.05) is 6.92 Å². The number of halogens is 3. The van der Waals surface area contributed by atoms with Crippen LogP contribution in [0.4, 0.5) is 13.2 Å². The maximum atomic E-state index is 12.3. The second-order valence-electron chi connectivity index (χ2n) is 4.34. The number of aliphatic hydroxyl groups excluding tert-OH is 1. The van der Waals surface area contributed by atoms with Crippen LogP contribution < -0.4 is 5.32 Å². The van der Waals surface area contributed by atoms with Crippen LogP contribution in [0, 0.1) is 11.8 Å². The van der Waals surface area contributed by atoms with Crippen LogP contribution in [0.1, 0.15) is 6.92 Å². The molecule has 0 aromatic heterocycles. The van der Waals surface area contributed by atoms with Crippen molar-refractivity contribution in [1.82, 2.24) is 10.2 Å². The van der Waals surface area contributed by atoms with Crippen LogP contribution in [-0.4, -0.2) is 54.9 Å². The minimum absolute atomic E-state index is 0.0249. The smallest absolute Gasteiger partial charge is 0.395 e. The average molecular weight is 254 g/mol. The molecule has 0 unspecified atom stereocenters. The van der Waals surface area contributed by atoms with E-state index in [1.807, 2.05) is 6.92 Å². The van der Waals surface area contributed by atoms with Crippen molar-refractivity contribution in [2.24, 2.45) is 11.8 Å². The number of nitrogens with one attached hydrogen (secondary N) is 1. The quantitative estimate of drug-likeness (QED) is 0.755. The van der Waals surface area contributed by atoms with E-state index in [4.69, 9.17) is 5.11 Å². The van der Waals surface area contributed by atoms with Gasteiger partial charge in [0.1, 0.15) is 6.54 Å². The monoisotopic (exact) mass is 254 g/mol. The number of hydrogen-bond donors (Lipinski definition) is 2. The molecule has 1 heterocycles. The summed E-state index contributed by atoms with van der Waals surface area (Å²) >= 11 is 0. The molecule has 1 aliphatic heterocycles. The average Bonchev–Trinajstić information content (AvgIpc) is 2.61. The molecule has 7 heteroatoms. The molecule has 100 valence electrons. The molecule has 1 saturated heterocycles. The fourth-order valence-electron chi connectivity index (χ4n) is 1.98. The summed E-state index contributed by atoms with van der Waals surface area (Å²) in [6.45, 7) is 0.829. The molecule has 1 rings (SSSR count). The van der Waals surface area contributed by atoms with Gasteiger partial charge in [0.15, 0.2) is 0 Å². The van der Waals surface area contributed by atoms with Crippen molar-refractivity contribution < 1.29 is 23.1 Å². The Labute approximate surface area is 97.8 Å². The van der Waals surface area contributed by atoms with Crippen LogP contribution in [0.2, 0.25) is 0 Å². The molecule has 1 amide bonds. The van der Waals surface area contributed by atoms with Gasteiger partial charge in [0.25, 0.3) is 0 Å². The fraction of sp³-hybridized carbons (Fsp3) is 0.900. The molecule has 0 aliphatic carbocycles. The maximum absolute atomic E-state index is 12.3. The molecule has 4 nitrogen and oxygen atoms in total. The summed E-state index contributed by atoms with van der Waals surface area (Å²) in [6, 6.07) is 0. The maximum Gasteiger partial charge on any atom is 0.406 e. The molecule has 2 atom stereocenters. The first-order valence-electron chi connectivity index (χ1n) is 5.52. The first-order chi connectivity index (χ1) is 7.85. The molecule has 2 N–H and O–H groups in total. The number of carbonyl (C=O) groups excluding carboxylic acids is 1. The summed E-state index contributed by atoms with van der Waals surface area (Å²) in [5.74, 6) is -0.935. The lowest BCUT2D eigenvalue weighted by Crippen LogP contribution is -2.45. The van der Waals surface area contributed by atoms with Crippen molar-refractivity contribution in [1.29, 1.82) is 0 Å². The van der Waals surface area contributed by atoms with Gasteiger partial charge in [-0.3, -0.25) is 4.79 Å². The Morgan fingerprint density at radius 3 is 2.53 bits per heavy atom. The lowest BCUT2D eigenvalue weighted by molar-refractivity contribution is -0.164. The Balaban J connectivity index is 2.66. The zero-order valence-electron chi connectivity index (χ0n) is 9.63. The molecule has 0 aromatic carbocycles. The van der Waals surface area contributed by atoms with Crippen molar-refractivity contribution in [3.8, 4) is 0 Å². The van der Waals surface area contributed by atoms with Crippen molar-refractivity contribution in [2.45, 2.75) is 13.1 Å². The van der Waals surface area contributed by atoms with E-state index in [1.165, 1.54) is 0 Å². The summed E-state index contributed by atoms with van der Waals surface area (Å²) in [6.07, 6.45) is -4.43. The van der Waals surface area contributed by atoms with Gasteiger partial charge < -0.3 is 15.3 Å². The first kappa shape index (κ1) is 14.2. The Morgan fingerprint density at radius 2 is 2.12 bits per heavy atom. The van der Waals surface area contributed by atoms with Crippen LogP contribution in [0.15, 0.2) is 0 Å². The van der Waals surface area contributed by atoms with E-state index < -0.39 is 31.2 Å². The van der Waals surface area contributed by atoms with Gasteiger partial charge in [-0.15, -0.1) is 0 Å². The predicted molar refractivity (Wildman–Crippen MR) is 55.2 cm³/mol. The van der Waals surface area contributed by atoms with E-state index >= 15 is 0 Å². The van der Waals surface area contributed by atoms with Crippen LogP contribution >= 0.6 is 0 Å². The first-order valence-corrected chi connectivity index (χ1v) is 5.52. The van der Waals surface area contributed by atoms with E-state index in [0.717, 1.165) is 0 Å². The van der Waals surface area contributed by atoms with Gasteiger partial charge in [-0.25, -0.2) is 0 Å². The Hall–Kier alpha value is -0.820. The number of hydrogen-bond acceptors (Lipinski definition) is 3. The Kier molecular flexibility index (Phi) is 4.76. The summed E-state index contributed by atoms with van der Waals surface area (Å²) in [5, 5.41) is 11.7. The summed E-state index contributed by atoms with van der Waals surface area (Å²) in [5.41, 5.74) is 0. The third-order valence-corrected chi connectivity index (χ3v) is 2.89. The number of aliphatic hydroxyl groups is 1. The normalized spacial score (nSPS) is 25.0. The van der Waals surface area contributed by atoms with Gasteiger partial charge >= 0.3 is 6.18 Å². The highest BCUT2D eigenvalue weighted by atomic mass is 19.4. The van der Waals surface area contributed by atoms with Gasteiger partial charge in [-0.2, -0.15) is 13.2 Å². The van der Waals surface area contributed by atoms with E-state index in [9.17, 15) is 18.0 Å². The van der Waals surface area contributed by atoms with Crippen molar-refractivity contribution >= 4 is 5.91 Å². The highest BCUT2D eigenvalue weighted by Crippen LogP contribution is 2.22. The summed E-state index contributed by atoms with van der Waals surface area (Å²) in [4.78, 5) is 12.6. The van der Waals surface area contributed by atoms with Crippen LogP contribution in [0.5, 0.6) is 0 Å². The van der Waals surface area contributed by atoms with Crippen molar-refractivity contribution in [2.75, 3.05) is 32.8 Å². The van der Waals surface area contributed by atoms with E-state index in [2.05, 4.69) is 5.32 Å². The Bertz CT molecular complexity index is 271. The van der Waals surface area contributed by atoms with Crippen LogP contribution in [-0.2, 0) is 4.79 Å². The van der Waals surface area contributed by atoms with Crippen LogP contribution in [0.3, 0.4) is 0 Å².